The topological polar surface area (TPSA) is 150 Å². The summed E-state index contributed by atoms with van der Waals surface area (Å²) in [7, 11) is 2.79. The lowest BCUT2D eigenvalue weighted by Crippen LogP contribution is -2.47. The van der Waals surface area contributed by atoms with Crippen molar-refractivity contribution in [2.75, 3.05) is 19.5 Å². The van der Waals surface area contributed by atoms with Crippen LogP contribution in [-0.2, 0) is 54.6 Å². The van der Waals surface area contributed by atoms with Crippen molar-refractivity contribution in [1.29, 1.82) is 0 Å². The number of nitrogens with zero attached hydrogens (tertiary/aromatic N) is 1. The Bertz CT molecular complexity index is 1480. The van der Waals surface area contributed by atoms with Gasteiger partial charge in [0.25, 0.3) is 0 Å². The minimum Gasteiger partial charge on any atom is -0.497 e. The standard InChI is InChI=1S/C30H37N3O9S/c1-29(2,3)41-27(37)22-18-11-20(31-12-21(18)43-24(22)32-23(34)28(38)42-30(4,5)6)25(35)33-13-15-9-16(39-7)10-17(19(15)14-33)26(36)40-8/h9-10,20,31H,11-14H2,1-8H3,(H,32,34). The number of nitrogens with one attached hydrogen (secondary N) is 2. The van der Waals surface area contributed by atoms with E-state index in [9.17, 15) is 24.0 Å². The third-order valence-electron chi connectivity index (χ3n) is 6.70. The number of carbonyl (C=O) groups is 5. The molecule has 13 heteroatoms. The van der Waals surface area contributed by atoms with E-state index in [0.717, 1.165) is 21.8 Å². The number of anilines is 1. The number of benzene rings is 1. The van der Waals surface area contributed by atoms with Crippen LogP contribution in [0.3, 0.4) is 0 Å². The highest BCUT2D eigenvalue weighted by Crippen LogP contribution is 2.39. The van der Waals surface area contributed by atoms with Crippen LogP contribution in [-0.4, -0.2) is 66.1 Å². The van der Waals surface area contributed by atoms with E-state index in [1.54, 1.807) is 58.6 Å². The summed E-state index contributed by atoms with van der Waals surface area (Å²) in [4.78, 5) is 67.1. The van der Waals surface area contributed by atoms with Gasteiger partial charge in [-0.25, -0.2) is 14.4 Å². The van der Waals surface area contributed by atoms with E-state index < -0.39 is 41.1 Å². The lowest BCUT2D eigenvalue weighted by molar-refractivity contribution is -0.161. The van der Waals surface area contributed by atoms with Gasteiger partial charge in [0, 0.05) is 24.5 Å². The number of esters is 3. The van der Waals surface area contributed by atoms with Crippen molar-refractivity contribution in [3.05, 3.63) is 44.8 Å². The number of amides is 2. The molecule has 12 nitrogen and oxygen atoms in total. The average Bonchev–Trinajstić information content (AvgIpc) is 3.50. The second-order valence-corrected chi connectivity index (χ2v) is 13.4. The van der Waals surface area contributed by atoms with E-state index in [0.29, 0.717) is 22.4 Å². The first-order valence-electron chi connectivity index (χ1n) is 13.7. The zero-order valence-electron chi connectivity index (χ0n) is 25.6. The molecule has 2 aromatic rings. The zero-order chi connectivity index (χ0) is 31.9. The Hall–Kier alpha value is -3.97. The minimum atomic E-state index is -1.09. The first-order valence-corrected chi connectivity index (χ1v) is 14.6. The Morgan fingerprint density at radius 1 is 0.930 bits per heavy atom. The van der Waals surface area contributed by atoms with Crippen molar-refractivity contribution < 1.29 is 42.9 Å². The normalized spacial score (nSPS) is 16.1. The first-order chi connectivity index (χ1) is 20.0. The smallest absolute Gasteiger partial charge is 0.397 e. The van der Waals surface area contributed by atoms with Gasteiger partial charge in [0.15, 0.2) is 0 Å². The van der Waals surface area contributed by atoms with Crippen LogP contribution in [0.15, 0.2) is 12.1 Å². The van der Waals surface area contributed by atoms with Crippen LogP contribution in [0.1, 0.15) is 83.8 Å². The molecule has 3 heterocycles. The van der Waals surface area contributed by atoms with Crippen molar-refractivity contribution in [3.8, 4) is 5.75 Å². The quantitative estimate of drug-likeness (QED) is 0.291. The van der Waals surface area contributed by atoms with Crippen LogP contribution in [0.25, 0.3) is 0 Å². The highest BCUT2D eigenvalue weighted by atomic mass is 32.1. The number of ether oxygens (including phenoxy) is 4. The summed E-state index contributed by atoms with van der Waals surface area (Å²) < 4.78 is 21.1. The Labute approximate surface area is 254 Å². The lowest BCUT2D eigenvalue weighted by Gasteiger charge is -2.28. The number of rotatable bonds is 5. The molecule has 0 bridgehead atoms. The second kappa shape index (κ2) is 12.0. The molecule has 1 unspecified atom stereocenters. The molecule has 0 radical (unpaired) electrons. The Morgan fingerprint density at radius 2 is 1.60 bits per heavy atom. The van der Waals surface area contributed by atoms with E-state index in [1.165, 1.54) is 14.2 Å². The highest BCUT2D eigenvalue weighted by Gasteiger charge is 2.38. The highest BCUT2D eigenvalue weighted by molar-refractivity contribution is 7.17. The van der Waals surface area contributed by atoms with Crippen LogP contribution >= 0.6 is 11.3 Å². The molecule has 0 aliphatic carbocycles. The average molecular weight is 616 g/mol. The Morgan fingerprint density at radius 3 is 2.21 bits per heavy atom. The molecule has 4 rings (SSSR count). The van der Waals surface area contributed by atoms with E-state index >= 15 is 0 Å². The third-order valence-corrected chi connectivity index (χ3v) is 7.85. The molecular weight excluding hydrogens is 578 g/mol. The van der Waals surface area contributed by atoms with Crippen LogP contribution < -0.4 is 15.4 Å². The monoisotopic (exact) mass is 615 g/mol. The molecule has 2 aliphatic rings. The van der Waals surface area contributed by atoms with Crippen molar-refractivity contribution >= 4 is 46.1 Å². The molecule has 0 spiro atoms. The number of thiophene rings is 1. The van der Waals surface area contributed by atoms with Crippen LogP contribution in [0, 0.1) is 0 Å². The largest absolute Gasteiger partial charge is 0.497 e. The summed E-state index contributed by atoms with van der Waals surface area (Å²) in [6.07, 6.45) is 0.140. The molecular formula is C30H37N3O9S. The summed E-state index contributed by atoms with van der Waals surface area (Å²) in [6.45, 7) is 10.8. The number of hydrogen-bond donors (Lipinski definition) is 2. The number of methoxy groups -OCH3 is 2. The molecule has 43 heavy (non-hydrogen) atoms. The third kappa shape index (κ3) is 7.16. The van der Waals surface area contributed by atoms with Crippen molar-refractivity contribution in [2.45, 2.75) is 84.8 Å². The van der Waals surface area contributed by atoms with E-state index in [4.69, 9.17) is 18.9 Å². The SMILES string of the molecule is COC(=O)c1cc(OC)cc2c1CN(C(=O)C1Cc3c(sc(NC(=O)C(=O)OC(C)(C)C)c3C(=O)OC(C)(C)C)CN1)C2. The summed E-state index contributed by atoms with van der Waals surface area (Å²) in [5.74, 6) is -3.05. The van der Waals surface area contributed by atoms with Gasteiger partial charge in [-0.2, -0.15) is 0 Å². The first kappa shape index (κ1) is 32.0. The molecule has 232 valence electrons. The number of fused-ring (bicyclic) bond motifs is 2. The molecule has 2 amide bonds. The molecule has 0 saturated heterocycles. The maximum atomic E-state index is 13.8. The van der Waals surface area contributed by atoms with E-state index in [1.807, 2.05) is 0 Å². The van der Waals surface area contributed by atoms with Crippen LogP contribution in [0.2, 0.25) is 0 Å². The Balaban J connectivity index is 1.61. The van der Waals surface area contributed by atoms with Gasteiger partial charge in [-0.05, 0) is 76.8 Å². The van der Waals surface area contributed by atoms with Gasteiger partial charge in [-0.1, -0.05) is 0 Å². The molecule has 2 N–H and O–H groups in total. The Kier molecular flexibility index (Phi) is 8.89. The maximum Gasteiger partial charge on any atom is 0.397 e. The predicted molar refractivity (Wildman–Crippen MR) is 157 cm³/mol. The van der Waals surface area contributed by atoms with Gasteiger partial charge in [0.1, 0.15) is 22.0 Å². The lowest BCUT2D eigenvalue weighted by atomic mass is 9.97. The van der Waals surface area contributed by atoms with Crippen LogP contribution in [0.5, 0.6) is 5.75 Å². The number of carbonyl (C=O) groups excluding carboxylic acids is 5. The second-order valence-electron chi connectivity index (χ2n) is 12.3. The van der Waals surface area contributed by atoms with E-state index in [-0.39, 0.29) is 42.5 Å². The molecule has 1 atom stereocenters. The van der Waals surface area contributed by atoms with Gasteiger partial charge in [0.2, 0.25) is 5.91 Å². The fraction of sp³-hybridized carbons (Fsp3) is 0.500. The summed E-state index contributed by atoms with van der Waals surface area (Å²) in [5.41, 5.74) is 0.753. The molecule has 0 fully saturated rings. The molecule has 1 aromatic heterocycles. The minimum absolute atomic E-state index is 0.105. The van der Waals surface area contributed by atoms with Gasteiger partial charge in [-0.3, -0.25) is 9.59 Å². The number of hydrogen-bond acceptors (Lipinski definition) is 11. The maximum absolute atomic E-state index is 13.8. The predicted octanol–water partition coefficient (Wildman–Crippen LogP) is 3.34. The summed E-state index contributed by atoms with van der Waals surface area (Å²) >= 11 is 1.13. The van der Waals surface area contributed by atoms with Crippen molar-refractivity contribution in [1.82, 2.24) is 10.2 Å². The molecule has 1 aromatic carbocycles. The van der Waals surface area contributed by atoms with Crippen LogP contribution in [0.4, 0.5) is 5.00 Å². The molecule has 2 aliphatic heterocycles. The fourth-order valence-corrected chi connectivity index (χ4v) is 6.08. The van der Waals surface area contributed by atoms with E-state index in [2.05, 4.69) is 10.6 Å². The van der Waals surface area contributed by atoms with Gasteiger partial charge in [0.05, 0.1) is 31.4 Å². The van der Waals surface area contributed by atoms with Gasteiger partial charge >= 0.3 is 23.8 Å². The van der Waals surface area contributed by atoms with Crippen molar-refractivity contribution in [3.63, 3.8) is 0 Å². The van der Waals surface area contributed by atoms with Crippen molar-refractivity contribution in [2.24, 2.45) is 0 Å². The van der Waals surface area contributed by atoms with Gasteiger partial charge in [-0.15, -0.1) is 11.3 Å². The zero-order valence-corrected chi connectivity index (χ0v) is 26.4. The molecule has 0 saturated carbocycles. The fourth-order valence-electron chi connectivity index (χ4n) is 4.92. The summed E-state index contributed by atoms with van der Waals surface area (Å²) in [5, 5.41) is 5.90. The van der Waals surface area contributed by atoms with Gasteiger partial charge < -0.3 is 34.5 Å². The summed E-state index contributed by atoms with van der Waals surface area (Å²) in [6, 6.07) is 2.69.